The fourth-order valence-electron chi connectivity index (χ4n) is 1.88. The minimum atomic E-state index is -0.188. The topological polar surface area (TPSA) is 51.2 Å². The van der Waals surface area contributed by atoms with Crippen LogP contribution >= 0.6 is 15.9 Å². The van der Waals surface area contributed by atoms with Crippen molar-refractivity contribution in [2.75, 3.05) is 11.9 Å². The first-order chi connectivity index (χ1) is 10.7. The molecule has 1 aromatic carbocycles. The number of anilines is 1. The van der Waals surface area contributed by atoms with Crippen molar-refractivity contribution in [2.45, 2.75) is 26.2 Å². The van der Waals surface area contributed by atoms with E-state index in [-0.39, 0.29) is 5.91 Å². The van der Waals surface area contributed by atoms with Gasteiger partial charge >= 0.3 is 0 Å². The summed E-state index contributed by atoms with van der Waals surface area (Å²) in [4.78, 5) is 16.2. The van der Waals surface area contributed by atoms with Gasteiger partial charge in [-0.3, -0.25) is 4.79 Å². The van der Waals surface area contributed by atoms with Crippen LogP contribution in [0.5, 0.6) is 5.75 Å². The van der Waals surface area contributed by atoms with Gasteiger partial charge in [-0.1, -0.05) is 19.8 Å². The molecule has 0 aliphatic carbocycles. The van der Waals surface area contributed by atoms with Crippen molar-refractivity contribution in [1.29, 1.82) is 0 Å². The molecule has 0 radical (unpaired) electrons. The summed E-state index contributed by atoms with van der Waals surface area (Å²) in [6.07, 6.45) is 5.03. The molecule has 0 unspecified atom stereocenters. The highest BCUT2D eigenvalue weighted by atomic mass is 79.9. The molecule has 0 aliphatic heterocycles. The van der Waals surface area contributed by atoms with Crippen molar-refractivity contribution in [3.05, 3.63) is 52.6 Å². The molecule has 22 heavy (non-hydrogen) atoms. The van der Waals surface area contributed by atoms with Crippen molar-refractivity contribution in [3.63, 3.8) is 0 Å². The first kappa shape index (κ1) is 16.5. The van der Waals surface area contributed by atoms with Crippen LogP contribution in [0.15, 0.2) is 47.1 Å². The molecule has 1 heterocycles. The third-order valence-electron chi connectivity index (χ3n) is 3.10. The van der Waals surface area contributed by atoms with Gasteiger partial charge in [0.1, 0.15) is 11.6 Å². The summed E-state index contributed by atoms with van der Waals surface area (Å²) in [5.74, 6) is 1.12. The van der Waals surface area contributed by atoms with Crippen LogP contribution in [0, 0.1) is 0 Å². The minimum absolute atomic E-state index is 0.188. The summed E-state index contributed by atoms with van der Waals surface area (Å²) in [5.41, 5.74) is 0.575. The Labute approximate surface area is 139 Å². The molecule has 1 N–H and O–H groups in total. The lowest BCUT2D eigenvalue weighted by Crippen LogP contribution is -2.12. The predicted molar refractivity (Wildman–Crippen MR) is 91.4 cm³/mol. The van der Waals surface area contributed by atoms with Crippen molar-refractivity contribution >= 4 is 27.7 Å². The summed E-state index contributed by atoms with van der Waals surface area (Å²) in [6.45, 7) is 2.87. The molecule has 0 bridgehead atoms. The highest BCUT2D eigenvalue weighted by Crippen LogP contribution is 2.15. The van der Waals surface area contributed by atoms with Crippen LogP contribution in [0.1, 0.15) is 36.5 Å². The zero-order chi connectivity index (χ0) is 15.8. The van der Waals surface area contributed by atoms with E-state index in [0.29, 0.717) is 18.0 Å². The number of rotatable bonds is 7. The smallest absolute Gasteiger partial charge is 0.256 e. The van der Waals surface area contributed by atoms with Gasteiger partial charge in [0.25, 0.3) is 5.91 Å². The Balaban J connectivity index is 1.89. The molecule has 0 aliphatic rings. The highest BCUT2D eigenvalue weighted by Gasteiger charge is 2.07. The number of hydrogen-bond donors (Lipinski definition) is 1. The number of nitrogens with one attached hydrogen (secondary N) is 1. The van der Waals surface area contributed by atoms with E-state index in [1.54, 1.807) is 24.4 Å². The molecule has 116 valence electrons. The van der Waals surface area contributed by atoms with Crippen LogP contribution in [0.2, 0.25) is 0 Å². The number of carbonyl (C=O) groups excluding carboxylic acids is 1. The summed E-state index contributed by atoms with van der Waals surface area (Å²) in [7, 11) is 0. The lowest BCUT2D eigenvalue weighted by Gasteiger charge is -2.07. The molecular weight excluding hydrogens is 344 g/mol. The molecule has 1 aromatic heterocycles. The normalized spacial score (nSPS) is 10.3. The number of pyridine rings is 1. The summed E-state index contributed by atoms with van der Waals surface area (Å²) in [5, 5.41) is 2.75. The Morgan fingerprint density at radius 3 is 2.59 bits per heavy atom. The lowest BCUT2D eigenvalue weighted by atomic mass is 10.2. The average Bonchev–Trinajstić information content (AvgIpc) is 2.54. The van der Waals surface area contributed by atoms with E-state index in [1.165, 1.54) is 12.8 Å². The molecule has 0 spiro atoms. The fraction of sp³-hybridized carbons (Fsp3) is 0.294. The van der Waals surface area contributed by atoms with Gasteiger partial charge in [0, 0.05) is 16.2 Å². The minimum Gasteiger partial charge on any atom is -0.494 e. The van der Waals surface area contributed by atoms with Gasteiger partial charge in [0.05, 0.1) is 6.61 Å². The number of aromatic nitrogens is 1. The lowest BCUT2D eigenvalue weighted by molar-refractivity contribution is 0.102. The Morgan fingerprint density at radius 1 is 1.18 bits per heavy atom. The van der Waals surface area contributed by atoms with Crippen molar-refractivity contribution in [1.82, 2.24) is 4.98 Å². The van der Waals surface area contributed by atoms with E-state index in [1.807, 2.05) is 18.2 Å². The number of halogens is 1. The molecule has 0 fully saturated rings. The Kier molecular flexibility index (Phi) is 6.40. The second-order valence-corrected chi connectivity index (χ2v) is 5.81. The maximum atomic E-state index is 12.1. The van der Waals surface area contributed by atoms with Crippen molar-refractivity contribution in [2.24, 2.45) is 0 Å². The average molecular weight is 363 g/mol. The zero-order valence-corrected chi connectivity index (χ0v) is 14.1. The van der Waals surface area contributed by atoms with Gasteiger partial charge in [0.2, 0.25) is 0 Å². The van der Waals surface area contributed by atoms with Crippen LogP contribution in [0.25, 0.3) is 0 Å². The van der Waals surface area contributed by atoms with Crippen molar-refractivity contribution in [3.8, 4) is 5.75 Å². The summed E-state index contributed by atoms with van der Waals surface area (Å²) >= 11 is 3.31. The van der Waals surface area contributed by atoms with Gasteiger partial charge in [-0.25, -0.2) is 4.98 Å². The first-order valence-corrected chi connectivity index (χ1v) is 8.14. The van der Waals surface area contributed by atoms with Gasteiger partial charge in [-0.2, -0.15) is 0 Å². The number of carbonyl (C=O) groups is 1. The second kappa shape index (κ2) is 8.54. The molecule has 0 saturated carbocycles. The Morgan fingerprint density at radius 2 is 1.95 bits per heavy atom. The number of ether oxygens (including phenoxy) is 1. The number of hydrogen-bond acceptors (Lipinski definition) is 3. The summed E-state index contributed by atoms with van der Waals surface area (Å²) < 4.78 is 6.50. The molecule has 0 atom stereocenters. The van der Waals surface area contributed by atoms with Gasteiger partial charge in [0.15, 0.2) is 0 Å². The number of unbranched alkanes of at least 4 members (excludes halogenated alkanes) is 2. The van der Waals surface area contributed by atoms with E-state index in [0.717, 1.165) is 16.6 Å². The molecule has 5 heteroatoms. The fourth-order valence-corrected chi connectivity index (χ4v) is 2.12. The number of nitrogens with zero attached hydrogens (tertiary/aromatic N) is 1. The Bertz CT molecular complexity index is 597. The number of benzene rings is 1. The Hall–Kier alpha value is -1.88. The molecule has 0 saturated heterocycles. The molecule has 4 nitrogen and oxygen atoms in total. The van der Waals surface area contributed by atoms with E-state index in [4.69, 9.17) is 4.74 Å². The van der Waals surface area contributed by atoms with Crippen LogP contribution in [0.3, 0.4) is 0 Å². The maximum absolute atomic E-state index is 12.1. The van der Waals surface area contributed by atoms with E-state index in [9.17, 15) is 4.79 Å². The highest BCUT2D eigenvalue weighted by molar-refractivity contribution is 9.10. The van der Waals surface area contributed by atoms with Crippen LogP contribution in [-0.2, 0) is 0 Å². The third-order valence-corrected chi connectivity index (χ3v) is 3.57. The monoisotopic (exact) mass is 362 g/mol. The third kappa shape index (κ3) is 5.15. The van der Waals surface area contributed by atoms with E-state index < -0.39 is 0 Å². The maximum Gasteiger partial charge on any atom is 0.256 e. The van der Waals surface area contributed by atoms with Gasteiger partial charge in [-0.05, 0) is 58.7 Å². The molecule has 1 amide bonds. The molecular formula is C17H19BrN2O2. The molecule has 2 aromatic rings. The van der Waals surface area contributed by atoms with E-state index >= 15 is 0 Å². The van der Waals surface area contributed by atoms with Crippen LogP contribution < -0.4 is 10.1 Å². The van der Waals surface area contributed by atoms with Crippen LogP contribution in [0.4, 0.5) is 5.82 Å². The van der Waals surface area contributed by atoms with Gasteiger partial charge < -0.3 is 10.1 Å². The zero-order valence-electron chi connectivity index (χ0n) is 12.5. The standard InChI is InChI=1S/C17H19BrN2O2/c1-2-3-4-11-22-15-8-5-13(6-9-15)17(21)20-16-10-7-14(18)12-19-16/h5-10,12H,2-4,11H2,1H3,(H,19,20,21). The predicted octanol–water partition coefficient (Wildman–Crippen LogP) is 4.67. The largest absolute Gasteiger partial charge is 0.494 e. The van der Waals surface area contributed by atoms with E-state index in [2.05, 4.69) is 33.2 Å². The van der Waals surface area contributed by atoms with Gasteiger partial charge in [-0.15, -0.1) is 0 Å². The molecule has 2 rings (SSSR count). The number of amides is 1. The summed E-state index contributed by atoms with van der Waals surface area (Å²) in [6, 6.07) is 10.7. The van der Waals surface area contributed by atoms with Crippen LogP contribution in [-0.4, -0.2) is 17.5 Å². The second-order valence-electron chi connectivity index (χ2n) is 4.90. The SMILES string of the molecule is CCCCCOc1ccc(C(=O)Nc2ccc(Br)cn2)cc1. The quantitative estimate of drug-likeness (QED) is 0.728. The first-order valence-electron chi connectivity index (χ1n) is 7.35. The van der Waals surface area contributed by atoms with Crippen molar-refractivity contribution < 1.29 is 9.53 Å².